The molecule has 2 spiro atoms. The topological polar surface area (TPSA) is 187 Å². The zero-order valence-corrected chi connectivity index (χ0v) is 27.8. The standard InChI is InChI=1S/C35H38O14/c1-6-8-21(3)9-12-24-29(39)46-34(47-30(24)40)17-19-35(20-18-34)48-31(41)25(32(42)49-35)14-11-22(4)10-13-23-27(37)44-33(5,45-28(23)38)16-15-26(36)43-7-2/h6,8-14,37H,7,15-20H2,1-5H3. The Morgan fingerprint density at radius 3 is 1.65 bits per heavy atom. The van der Waals surface area contributed by atoms with Crippen molar-refractivity contribution in [3.05, 3.63) is 82.4 Å². The van der Waals surface area contributed by atoms with Gasteiger partial charge in [-0.15, -0.1) is 0 Å². The molecule has 14 nitrogen and oxygen atoms in total. The van der Waals surface area contributed by atoms with Crippen molar-refractivity contribution in [3.63, 3.8) is 0 Å². The minimum atomic E-state index is -1.63. The molecule has 0 amide bonds. The highest BCUT2D eigenvalue weighted by atomic mass is 16.8. The maximum absolute atomic E-state index is 12.9. The minimum Gasteiger partial charge on any atom is -0.480 e. The fourth-order valence-corrected chi connectivity index (χ4v) is 5.24. The average Bonchev–Trinajstić information content (AvgIpc) is 3.01. The molecule has 0 aromatic rings. The summed E-state index contributed by atoms with van der Waals surface area (Å²) >= 11 is 0. The molecule has 3 heterocycles. The Balaban J connectivity index is 1.36. The van der Waals surface area contributed by atoms with Crippen molar-refractivity contribution in [2.24, 2.45) is 0 Å². The van der Waals surface area contributed by atoms with E-state index in [0.29, 0.717) is 5.57 Å². The molecule has 0 bridgehead atoms. The van der Waals surface area contributed by atoms with Gasteiger partial charge in [0.25, 0.3) is 23.3 Å². The largest absolute Gasteiger partial charge is 0.480 e. The van der Waals surface area contributed by atoms with Crippen LogP contribution in [0.3, 0.4) is 0 Å². The number of cyclic esters (lactones) is 1. The number of allylic oxidation sites excluding steroid dienone is 9. The lowest BCUT2D eigenvalue weighted by Gasteiger charge is -2.46. The molecule has 2 saturated heterocycles. The molecular weight excluding hydrogens is 644 g/mol. The number of hydrogen-bond acceptors (Lipinski definition) is 14. The van der Waals surface area contributed by atoms with E-state index in [1.807, 2.05) is 13.0 Å². The van der Waals surface area contributed by atoms with Gasteiger partial charge in [-0.2, -0.15) is 0 Å². The predicted molar refractivity (Wildman–Crippen MR) is 167 cm³/mol. The molecule has 1 unspecified atom stereocenters. The summed E-state index contributed by atoms with van der Waals surface area (Å²) in [7, 11) is 0. The smallest absolute Gasteiger partial charge is 0.348 e. The van der Waals surface area contributed by atoms with Crippen molar-refractivity contribution in [2.45, 2.75) is 90.5 Å². The molecule has 1 atom stereocenters. The van der Waals surface area contributed by atoms with Crippen LogP contribution in [-0.2, 0) is 61.9 Å². The van der Waals surface area contributed by atoms with Gasteiger partial charge in [0.15, 0.2) is 0 Å². The van der Waals surface area contributed by atoms with Crippen LogP contribution in [0.25, 0.3) is 0 Å². The first-order valence-electron chi connectivity index (χ1n) is 15.7. The van der Waals surface area contributed by atoms with Gasteiger partial charge < -0.3 is 38.3 Å². The molecule has 1 aliphatic carbocycles. The van der Waals surface area contributed by atoms with Crippen LogP contribution in [0.2, 0.25) is 0 Å². The number of aliphatic hydroxyl groups excluding tert-OH is 1. The summed E-state index contributed by atoms with van der Waals surface area (Å²) in [6.07, 6.45) is 11.2. The van der Waals surface area contributed by atoms with Crippen LogP contribution in [0.4, 0.5) is 0 Å². The predicted octanol–water partition coefficient (Wildman–Crippen LogP) is 4.43. The number of carbonyl (C=O) groups excluding carboxylic acids is 6. The highest BCUT2D eigenvalue weighted by Crippen LogP contribution is 2.45. The minimum absolute atomic E-state index is 0.0475. The third-order valence-corrected chi connectivity index (χ3v) is 7.90. The van der Waals surface area contributed by atoms with E-state index in [4.69, 9.17) is 33.2 Å². The summed E-state index contributed by atoms with van der Waals surface area (Å²) in [6.45, 7) is 8.48. The SMILES string of the molecule is CC=CC(C)=CC=C1C(=O)OC2(CCC3(CC2)OC(=O)C(=CC=C(C)C=CC2=C(O)OC(C)(CCC(=O)OCC)OC2=O)C(=O)O3)OC1=O. The first-order chi connectivity index (χ1) is 23.1. The summed E-state index contributed by atoms with van der Waals surface area (Å²) in [5.41, 5.74) is 0.300. The fourth-order valence-electron chi connectivity index (χ4n) is 5.24. The van der Waals surface area contributed by atoms with Crippen LogP contribution < -0.4 is 0 Å². The lowest BCUT2D eigenvalue weighted by atomic mass is 9.87. The van der Waals surface area contributed by atoms with Crippen molar-refractivity contribution in [2.75, 3.05) is 6.61 Å². The monoisotopic (exact) mass is 682 g/mol. The molecule has 4 aliphatic rings. The van der Waals surface area contributed by atoms with E-state index < -0.39 is 64.7 Å². The van der Waals surface area contributed by atoms with Crippen LogP contribution in [0.5, 0.6) is 0 Å². The van der Waals surface area contributed by atoms with Gasteiger partial charge in [-0.05, 0) is 45.9 Å². The Kier molecular flexibility index (Phi) is 11.0. The second-order valence-electron chi connectivity index (χ2n) is 11.8. The Bertz CT molecular complexity index is 1600. The van der Waals surface area contributed by atoms with Gasteiger partial charge in [-0.1, -0.05) is 41.5 Å². The first-order valence-corrected chi connectivity index (χ1v) is 15.7. The molecule has 4 rings (SSSR count). The van der Waals surface area contributed by atoms with Gasteiger partial charge in [0, 0.05) is 39.0 Å². The molecule has 1 N–H and O–H groups in total. The first kappa shape index (κ1) is 36.4. The van der Waals surface area contributed by atoms with Gasteiger partial charge in [-0.3, -0.25) is 4.79 Å². The van der Waals surface area contributed by atoms with E-state index in [1.165, 1.54) is 37.3 Å². The fraction of sp³-hybridized carbons (Fsp3) is 0.429. The zero-order chi connectivity index (χ0) is 36.0. The van der Waals surface area contributed by atoms with Crippen LogP contribution in [0.15, 0.2) is 82.4 Å². The highest BCUT2D eigenvalue weighted by molar-refractivity contribution is 6.16. The van der Waals surface area contributed by atoms with Crippen LogP contribution in [0.1, 0.15) is 73.1 Å². The van der Waals surface area contributed by atoms with Crippen molar-refractivity contribution >= 4 is 35.8 Å². The summed E-state index contributed by atoms with van der Waals surface area (Å²) in [4.78, 5) is 75.3. The van der Waals surface area contributed by atoms with Crippen molar-refractivity contribution in [1.29, 1.82) is 0 Å². The zero-order valence-electron chi connectivity index (χ0n) is 27.8. The molecule has 14 heteroatoms. The van der Waals surface area contributed by atoms with Crippen LogP contribution >= 0.6 is 0 Å². The second-order valence-corrected chi connectivity index (χ2v) is 11.8. The number of carbonyl (C=O) groups is 6. The Hall–Kier alpha value is -5.40. The van der Waals surface area contributed by atoms with E-state index in [2.05, 4.69) is 0 Å². The number of hydrogen-bond donors (Lipinski definition) is 1. The molecule has 49 heavy (non-hydrogen) atoms. The van der Waals surface area contributed by atoms with Crippen LogP contribution in [-0.4, -0.2) is 64.9 Å². The highest BCUT2D eigenvalue weighted by Gasteiger charge is 2.56. The third-order valence-electron chi connectivity index (χ3n) is 7.90. The molecular formula is C35H38O14. The van der Waals surface area contributed by atoms with Gasteiger partial charge >= 0.3 is 35.8 Å². The number of esters is 6. The number of rotatable bonds is 9. The van der Waals surface area contributed by atoms with Gasteiger partial charge in [0.1, 0.15) is 16.7 Å². The normalized spacial score (nSPS) is 27.9. The molecule has 262 valence electrons. The summed E-state index contributed by atoms with van der Waals surface area (Å²) in [5.74, 6) is -10.5. The Labute approximate surface area is 282 Å². The second kappa shape index (κ2) is 14.8. The van der Waals surface area contributed by atoms with E-state index in [9.17, 15) is 33.9 Å². The molecule has 0 aromatic carbocycles. The number of ether oxygens (including phenoxy) is 7. The van der Waals surface area contributed by atoms with E-state index >= 15 is 0 Å². The van der Waals surface area contributed by atoms with Crippen molar-refractivity contribution in [3.8, 4) is 0 Å². The summed E-state index contributed by atoms with van der Waals surface area (Å²) < 4.78 is 37.6. The van der Waals surface area contributed by atoms with Crippen LogP contribution in [0, 0.1) is 0 Å². The molecule has 3 fully saturated rings. The lowest BCUT2D eigenvalue weighted by molar-refractivity contribution is -0.291. The van der Waals surface area contributed by atoms with E-state index in [0.717, 1.165) is 5.57 Å². The lowest BCUT2D eigenvalue weighted by Crippen LogP contribution is -2.56. The molecule has 0 aromatic heterocycles. The maximum atomic E-state index is 12.9. The Morgan fingerprint density at radius 2 is 1.22 bits per heavy atom. The summed E-state index contributed by atoms with van der Waals surface area (Å²) in [5, 5.41) is 10.3. The maximum Gasteiger partial charge on any atom is 0.348 e. The van der Waals surface area contributed by atoms with Gasteiger partial charge in [0.2, 0.25) is 0 Å². The quantitative estimate of drug-likeness (QED) is 0.118. The van der Waals surface area contributed by atoms with Crippen molar-refractivity contribution in [1.82, 2.24) is 0 Å². The third kappa shape index (κ3) is 8.75. The number of aliphatic hydroxyl groups is 1. The van der Waals surface area contributed by atoms with Gasteiger partial charge in [-0.25, -0.2) is 24.0 Å². The Morgan fingerprint density at radius 1 is 0.755 bits per heavy atom. The molecule has 1 saturated carbocycles. The van der Waals surface area contributed by atoms with Crippen molar-refractivity contribution < 1.29 is 67.0 Å². The molecule has 0 radical (unpaired) electrons. The van der Waals surface area contributed by atoms with Gasteiger partial charge in [0.05, 0.1) is 13.0 Å². The molecule has 3 aliphatic heterocycles. The van der Waals surface area contributed by atoms with E-state index in [-0.39, 0.29) is 56.3 Å². The van der Waals surface area contributed by atoms with E-state index in [1.54, 1.807) is 32.9 Å². The summed E-state index contributed by atoms with van der Waals surface area (Å²) in [6, 6.07) is 0. The average molecular weight is 683 g/mol.